The van der Waals surface area contributed by atoms with Crippen LogP contribution in [0.3, 0.4) is 0 Å². The first-order chi connectivity index (χ1) is 12.5. The summed E-state index contributed by atoms with van der Waals surface area (Å²) in [4.78, 5) is 2.18. The molecule has 0 aromatic heterocycles. The van der Waals surface area contributed by atoms with E-state index in [2.05, 4.69) is 93.3 Å². The van der Waals surface area contributed by atoms with E-state index in [0.29, 0.717) is 12.0 Å². The lowest BCUT2D eigenvalue weighted by atomic mass is 9.75. The van der Waals surface area contributed by atoms with Gasteiger partial charge in [0.15, 0.2) is 0 Å². The summed E-state index contributed by atoms with van der Waals surface area (Å²) in [6.45, 7) is 10.6. The summed E-state index contributed by atoms with van der Waals surface area (Å²) in [5.41, 5.74) is 5.45. The van der Waals surface area contributed by atoms with Crippen LogP contribution in [0.5, 0.6) is 0 Å². The van der Waals surface area contributed by atoms with Crippen LogP contribution in [0.1, 0.15) is 46.1 Å². The molecular weight excluding hydrogens is 318 g/mol. The molecule has 2 nitrogen and oxygen atoms in total. The Morgan fingerprint density at radius 3 is 2.46 bits per heavy atom. The zero-order valence-electron chi connectivity index (χ0n) is 16.7. The number of anilines is 1. The van der Waals surface area contributed by atoms with E-state index in [-0.39, 0.29) is 6.61 Å². The molecule has 0 atom stereocenters. The molecule has 1 aliphatic rings. The fourth-order valence-corrected chi connectivity index (χ4v) is 3.53. The lowest BCUT2D eigenvalue weighted by molar-refractivity contribution is 0.302. The summed E-state index contributed by atoms with van der Waals surface area (Å²) in [6, 6.07) is 8.57. The van der Waals surface area contributed by atoms with Gasteiger partial charge in [0.05, 0.1) is 6.61 Å². The first-order valence-electron chi connectivity index (χ1n) is 9.64. The van der Waals surface area contributed by atoms with Gasteiger partial charge in [-0.1, -0.05) is 62.4 Å². The van der Waals surface area contributed by atoms with Gasteiger partial charge in [0.1, 0.15) is 0 Å². The maximum absolute atomic E-state index is 9.16. The van der Waals surface area contributed by atoms with Gasteiger partial charge in [0.2, 0.25) is 0 Å². The number of aliphatic hydroxyl groups excluding tert-OH is 1. The zero-order valence-corrected chi connectivity index (χ0v) is 16.7. The van der Waals surface area contributed by atoms with Crippen LogP contribution < -0.4 is 4.90 Å². The normalized spacial score (nSPS) is 18.7. The highest BCUT2D eigenvalue weighted by Gasteiger charge is 2.24. The van der Waals surface area contributed by atoms with Crippen LogP contribution in [-0.2, 0) is 0 Å². The van der Waals surface area contributed by atoms with E-state index in [9.17, 15) is 0 Å². The average Bonchev–Trinajstić information content (AvgIpc) is 2.62. The number of allylic oxidation sites excluding steroid dienone is 7. The van der Waals surface area contributed by atoms with E-state index in [4.69, 9.17) is 5.11 Å². The number of hydrogen-bond acceptors (Lipinski definition) is 2. The molecule has 1 N–H and O–H groups in total. The first kappa shape index (κ1) is 20.3. The number of aliphatic hydroxyl groups is 1. The number of benzene rings is 1. The Bertz CT molecular complexity index is 689. The van der Waals surface area contributed by atoms with Crippen molar-refractivity contribution in [2.24, 2.45) is 5.41 Å². The van der Waals surface area contributed by atoms with Crippen LogP contribution >= 0.6 is 0 Å². The van der Waals surface area contributed by atoms with Crippen molar-refractivity contribution in [3.8, 4) is 0 Å². The van der Waals surface area contributed by atoms with E-state index in [1.807, 2.05) is 0 Å². The van der Waals surface area contributed by atoms with Gasteiger partial charge in [0, 0.05) is 18.8 Å². The largest absolute Gasteiger partial charge is 0.395 e. The fraction of sp³-hybridized carbons (Fsp3) is 0.417. The highest BCUT2D eigenvalue weighted by atomic mass is 16.3. The first-order valence-corrected chi connectivity index (χ1v) is 9.64. The summed E-state index contributed by atoms with van der Waals surface area (Å²) < 4.78 is 0. The van der Waals surface area contributed by atoms with Crippen LogP contribution in [0.25, 0.3) is 6.08 Å². The SMILES string of the molecule is C/C=C/C=C1C=C(/C=C/c2ccc(N(CC)CCO)cc2)CC(C)(C)C/1. The molecule has 0 aliphatic heterocycles. The minimum Gasteiger partial charge on any atom is -0.395 e. The lowest BCUT2D eigenvalue weighted by Crippen LogP contribution is -2.25. The van der Waals surface area contributed by atoms with E-state index < -0.39 is 0 Å². The molecule has 1 aromatic carbocycles. The van der Waals surface area contributed by atoms with Gasteiger partial charge in [-0.3, -0.25) is 0 Å². The third kappa shape index (κ3) is 6.03. The summed E-state index contributed by atoms with van der Waals surface area (Å²) in [7, 11) is 0. The second kappa shape index (κ2) is 9.59. The maximum atomic E-state index is 9.16. The number of nitrogens with zero attached hydrogens (tertiary/aromatic N) is 1. The molecule has 140 valence electrons. The van der Waals surface area contributed by atoms with Crippen molar-refractivity contribution in [2.75, 3.05) is 24.6 Å². The molecule has 0 radical (unpaired) electrons. The van der Waals surface area contributed by atoms with Gasteiger partial charge in [-0.05, 0) is 60.9 Å². The van der Waals surface area contributed by atoms with Gasteiger partial charge in [-0.2, -0.15) is 0 Å². The smallest absolute Gasteiger partial charge is 0.0606 e. The predicted octanol–water partition coefficient (Wildman–Crippen LogP) is 5.77. The van der Waals surface area contributed by atoms with Crippen molar-refractivity contribution >= 4 is 11.8 Å². The van der Waals surface area contributed by atoms with Crippen molar-refractivity contribution in [1.82, 2.24) is 0 Å². The molecule has 0 amide bonds. The topological polar surface area (TPSA) is 23.5 Å². The highest BCUT2D eigenvalue weighted by molar-refractivity contribution is 5.58. The van der Waals surface area contributed by atoms with Gasteiger partial charge in [-0.15, -0.1) is 0 Å². The summed E-state index contributed by atoms with van der Waals surface area (Å²) >= 11 is 0. The van der Waals surface area contributed by atoms with Crippen LogP contribution in [0.2, 0.25) is 0 Å². The van der Waals surface area contributed by atoms with Gasteiger partial charge < -0.3 is 10.0 Å². The quantitative estimate of drug-likeness (QED) is 0.674. The standard InChI is InChI=1S/C24H33NO/c1-5-7-8-21-17-22(19-24(3,4)18-21)10-9-20-11-13-23(14-12-20)25(6-2)15-16-26/h5,7-14,17,26H,6,15-16,18-19H2,1-4H3/b7-5+,10-9+,21-8-. The number of likely N-dealkylation sites (N-methyl/N-ethyl adjacent to an activating group) is 1. The molecule has 0 saturated carbocycles. The molecule has 2 rings (SSSR count). The van der Waals surface area contributed by atoms with Crippen LogP contribution in [0.4, 0.5) is 5.69 Å². The summed E-state index contributed by atoms with van der Waals surface area (Å²) in [6.07, 6.45) is 15.4. The molecule has 0 saturated heterocycles. The Balaban J connectivity index is 2.14. The Morgan fingerprint density at radius 2 is 1.85 bits per heavy atom. The third-order valence-electron chi connectivity index (χ3n) is 4.74. The van der Waals surface area contributed by atoms with Crippen molar-refractivity contribution in [3.05, 3.63) is 71.4 Å². The maximum Gasteiger partial charge on any atom is 0.0606 e. The second-order valence-electron chi connectivity index (χ2n) is 7.73. The Labute approximate surface area is 159 Å². The van der Waals surface area contributed by atoms with Crippen molar-refractivity contribution < 1.29 is 5.11 Å². The van der Waals surface area contributed by atoms with Crippen LogP contribution in [0.15, 0.2) is 65.8 Å². The molecule has 0 heterocycles. The molecular formula is C24H33NO. The van der Waals surface area contributed by atoms with E-state index in [1.54, 1.807) is 0 Å². The van der Waals surface area contributed by atoms with Gasteiger partial charge >= 0.3 is 0 Å². The molecule has 2 heteroatoms. The monoisotopic (exact) mass is 351 g/mol. The minimum atomic E-state index is 0.183. The molecule has 1 aliphatic carbocycles. The van der Waals surface area contributed by atoms with E-state index >= 15 is 0 Å². The van der Waals surface area contributed by atoms with Crippen molar-refractivity contribution in [3.63, 3.8) is 0 Å². The Kier molecular flexibility index (Phi) is 7.47. The zero-order chi connectivity index (χ0) is 19.0. The molecule has 0 fully saturated rings. The molecule has 0 spiro atoms. The van der Waals surface area contributed by atoms with Crippen molar-refractivity contribution in [2.45, 2.75) is 40.5 Å². The van der Waals surface area contributed by atoms with Crippen LogP contribution in [0, 0.1) is 5.41 Å². The van der Waals surface area contributed by atoms with Crippen LogP contribution in [-0.4, -0.2) is 24.8 Å². The molecule has 0 unspecified atom stereocenters. The number of hydrogen-bond donors (Lipinski definition) is 1. The summed E-state index contributed by atoms with van der Waals surface area (Å²) in [5, 5.41) is 9.16. The average molecular weight is 352 g/mol. The van der Waals surface area contributed by atoms with Gasteiger partial charge in [0.25, 0.3) is 0 Å². The van der Waals surface area contributed by atoms with E-state index in [1.165, 1.54) is 16.7 Å². The summed E-state index contributed by atoms with van der Waals surface area (Å²) in [5.74, 6) is 0. The van der Waals surface area contributed by atoms with E-state index in [0.717, 1.165) is 25.1 Å². The Hall–Kier alpha value is -2.06. The minimum absolute atomic E-state index is 0.183. The molecule has 26 heavy (non-hydrogen) atoms. The predicted molar refractivity (Wildman–Crippen MR) is 114 cm³/mol. The lowest BCUT2D eigenvalue weighted by Gasteiger charge is -2.30. The second-order valence-corrected chi connectivity index (χ2v) is 7.73. The Morgan fingerprint density at radius 1 is 1.12 bits per heavy atom. The molecule has 0 bridgehead atoms. The molecule has 1 aromatic rings. The highest BCUT2D eigenvalue weighted by Crippen LogP contribution is 2.38. The van der Waals surface area contributed by atoms with Gasteiger partial charge in [-0.25, -0.2) is 0 Å². The third-order valence-corrected chi connectivity index (χ3v) is 4.74. The van der Waals surface area contributed by atoms with Crippen molar-refractivity contribution in [1.29, 1.82) is 0 Å². The fourth-order valence-electron chi connectivity index (χ4n) is 3.53. The number of rotatable bonds is 7.